The van der Waals surface area contributed by atoms with Gasteiger partial charge in [-0.15, -0.1) is 0 Å². The van der Waals surface area contributed by atoms with Crippen LogP contribution in [0.5, 0.6) is 17.2 Å². The number of carbonyl (C=O) groups is 2. The van der Waals surface area contributed by atoms with Gasteiger partial charge in [-0.2, -0.15) is 0 Å². The highest BCUT2D eigenvalue weighted by Crippen LogP contribution is 2.42. The van der Waals surface area contributed by atoms with E-state index in [0.29, 0.717) is 53.5 Å². The van der Waals surface area contributed by atoms with Gasteiger partial charge in [0, 0.05) is 19.0 Å². The molecule has 0 saturated carbocycles. The van der Waals surface area contributed by atoms with Crippen molar-refractivity contribution >= 4 is 35.1 Å². The molecule has 306 valence electrons. The summed E-state index contributed by atoms with van der Waals surface area (Å²) in [4.78, 5) is 29.2. The van der Waals surface area contributed by atoms with E-state index in [1.54, 1.807) is 24.3 Å². The van der Waals surface area contributed by atoms with Gasteiger partial charge < -0.3 is 24.6 Å². The Morgan fingerprint density at radius 1 is 0.833 bits per heavy atom. The molecule has 0 bridgehead atoms. The quantitative estimate of drug-likeness (QED) is 0.119. The van der Waals surface area contributed by atoms with Gasteiger partial charge in [0.05, 0.1) is 16.1 Å². The minimum atomic E-state index is -1.16. The van der Waals surface area contributed by atoms with Crippen molar-refractivity contribution in [1.29, 1.82) is 0 Å². The van der Waals surface area contributed by atoms with Gasteiger partial charge >= 0.3 is 5.97 Å². The smallest absolute Gasteiger partial charge is 0.326 e. The maximum absolute atomic E-state index is 14.4. The Morgan fingerprint density at radius 3 is 2.20 bits per heavy atom. The molecule has 60 heavy (non-hydrogen) atoms. The molecule has 2 aliphatic rings. The Balaban J connectivity index is 0.990. The Labute approximate surface area is 358 Å². The fourth-order valence-electron chi connectivity index (χ4n) is 8.00. The third kappa shape index (κ3) is 9.29. The molecule has 8 nitrogen and oxygen atoms in total. The van der Waals surface area contributed by atoms with Gasteiger partial charge in [-0.3, -0.25) is 9.69 Å². The Hall–Kier alpha value is -5.87. The summed E-state index contributed by atoms with van der Waals surface area (Å²) in [6.45, 7) is 3.17. The molecule has 0 aromatic heterocycles. The molecule has 0 radical (unpaired) electrons. The van der Waals surface area contributed by atoms with E-state index in [9.17, 15) is 19.1 Å². The van der Waals surface area contributed by atoms with Crippen molar-refractivity contribution in [1.82, 2.24) is 10.2 Å². The molecule has 2 heterocycles. The molecular weight excluding hydrogens is 802 g/mol. The first kappa shape index (κ1) is 40.9. The van der Waals surface area contributed by atoms with Gasteiger partial charge in [-0.25, -0.2) is 9.18 Å². The molecule has 0 fully saturated rings. The number of hydrogen-bond donors (Lipinski definition) is 2. The van der Waals surface area contributed by atoms with Crippen molar-refractivity contribution in [2.75, 3.05) is 6.61 Å². The summed E-state index contributed by atoms with van der Waals surface area (Å²) in [5.74, 6) is 0.126. The first-order chi connectivity index (χ1) is 29.1. The van der Waals surface area contributed by atoms with Gasteiger partial charge in [0.2, 0.25) is 5.91 Å². The highest BCUT2D eigenvalue weighted by Gasteiger charge is 2.38. The number of fused-ring (bicyclic) bond motifs is 2. The summed E-state index contributed by atoms with van der Waals surface area (Å²) in [6.07, 6.45) is 0.828. The normalized spacial score (nSPS) is 16.9. The molecule has 6 aromatic carbocycles. The number of ether oxygens (including phenoxy) is 3. The second-order valence-electron chi connectivity index (χ2n) is 15.1. The van der Waals surface area contributed by atoms with E-state index >= 15 is 0 Å². The number of aliphatic carboxylic acids is 1. The SMILES string of the molecule is CC[C@@H](c1ccccc1)N1Cc2cc3c(cc2C[C@H]1C(=O)N[C@@H](Cc1ccc(-c2ccc(F)cc2)cc1)C(=O)O)OC[C@H](c1ccc(OCc2ccc(Cl)c(Cl)c2)cc1)O3. The van der Waals surface area contributed by atoms with E-state index in [-0.39, 0.29) is 30.3 Å². The van der Waals surface area contributed by atoms with E-state index in [4.69, 9.17) is 37.4 Å². The number of nitrogens with one attached hydrogen (secondary N) is 1. The van der Waals surface area contributed by atoms with Crippen LogP contribution in [0.25, 0.3) is 11.1 Å². The van der Waals surface area contributed by atoms with E-state index in [0.717, 1.165) is 50.9 Å². The van der Waals surface area contributed by atoms with Crippen LogP contribution >= 0.6 is 23.2 Å². The minimum absolute atomic E-state index is 0.0955. The third-order valence-corrected chi connectivity index (χ3v) is 11.9. The van der Waals surface area contributed by atoms with Gasteiger partial charge in [0.25, 0.3) is 0 Å². The molecule has 0 aliphatic carbocycles. The highest BCUT2D eigenvalue weighted by atomic mass is 35.5. The number of benzene rings is 6. The largest absolute Gasteiger partial charge is 0.489 e. The van der Waals surface area contributed by atoms with Crippen molar-refractivity contribution in [3.8, 4) is 28.4 Å². The fourth-order valence-corrected chi connectivity index (χ4v) is 8.32. The monoisotopic (exact) mass is 844 g/mol. The number of nitrogens with zero attached hydrogens (tertiary/aromatic N) is 1. The van der Waals surface area contributed by atoms with Crippen LogP contribution in [-0.4, -0.2) is 40.6 Å². The number of rotatable bonds is 13. The van der Waals surface area contributed by atoms with Crippen LogP contribution in [0.1, 0.15) is 58.9 Å². The minimum Gasteiger partial charge on any atom is -0.489 e. The number of hydrogen-bond acceptors (Lipinski definition) is 6. The van der Waals surface area contributed by atoms with Crippen LogP contribution in [-0.2, 0) is 35.6 Å². The predicted molar refractivity (Wildman–Crippen MR) is 230 cm³/mol. The van der Waals surface area contributed by atoms with Crippen LogP contribution in [0.2, 0.25) is 10.0 Å². The molecule has 2 aliphatic heterocycles. The summed E-state index contributed by atoms with van der Waals surface area (Å²) in [5.41, 5.74) is 7.35. The molecular formula is C49H43Cl2FN2O6. The summed E-state index contributed by atoms with van der Waals surface area (Å²) in [5, 5.41) is 14.2. The lowest BCUT2D eigenvalue weighted by molar-refractivity contribution is -0.143. The van der Waals surface area contributed by atoms with Gasteiger partial charge in [-0.05, 0) is 106 Å². The zero-order chi connectivity index (χ0) is 41.8. The maximum Gasteiger partial charge on any atom is 0.326 e. The fraction of sp³-hybridized carbons (Fsp3) is 0.224. The summed E-state index contributed by atoms with van der Waals surface area (Å²) in [6, 6.07) is 38.9. The molecule has 2 N–H and O–H groups in total. The number of halogens is 3. The molecule has 11 heteroatoms. The first-order valence-corrected chi connectivity index (χ1v) is 20.7. The lowest BCUT2D eigenvalue weighted by Gasteiger charge is -2.42. The van der Waals surface area contributed by atoms with E-state index in [1.165, 1.54) is 12.1 Å². The molecule has 6 aromatic rings. The molecule has 0 unspecified atom stereocenters. The summed E-state index contributed by atoms with van der Waals surface area (Å²) >= 11 is 12.2. The van der Waals surface area contributed by atoms with Crippen LogP contribution in [0.4, 0.5) is 4.39 Å². The number of carboxylic acid groups (broad SMARTS) is 1. The van der Waals surface area contributed by atoms with Crippen molar-refractivity contribution in [3.05, 3.63) is 183 Å². The van der Waals surface area contributed by atoms with Gasteiger partial charge in [0.1, 0.15) is 30.8 Å². The number of amides is 1. The van der Waals surface area contributed by atoms with E-state index < -0.39 is 18.1 Å². The lowest BCUT2D eigenvalue weighted by atomic mass is 9.89. The molecule has 4 atom stereocenters. The molecule has 0 spiro atoms. The zero-order valence-corrected chi connectivity index (χ0v) is 34.3. The zero-order valence-electron chi connectivity index (χ0n) is 32.8. The molecule has 1 amide bonds. The van der Waals surface area contributed by atoms with Crippen LogP contribution < -0.4 is 19.5 Å². The average Bonchev–Trinajstić information content (AvgIpc) is 3.26. The topological polar surface area (TPSA) is 97.3 Å². The summed E-state index contributed by atoms with van der Waals surface area (Å²) < 4.78 is 32.3. The second-order valence-corrected chi connectivity index (χ2v) is 15.9. The molecule has 8 rings (SSSR count). The highest BCUT2D eigenvalue weighted by molar-refractivity contribution is 6.42. The van der Waals surface area contributed by atoms with E-state index in [2.05, 4.69) is 29.3 Å². The van der Waals surface area contributed by atoms with Gasteiger partial charge in [0.15, 0.2) is 17.6 Å². The third-order valence-electron chi connectivity index (χ3n) is 11.2. The number of carboxylic acids is 1. The van der Waals surface area contributed by atoms with Crippen molar-refractivity contribution < 1.29 is 33.3 Å². The maximum atomic E-state index is 14.4. The molecule has 0 saturated heterocycles. The Morgan fingerprint density at radius 2 is 1.52 bits per heavy atom. The second kappa shape index (κ2) is 18.2. The van der Waals surface area contributed by atoms with Crippen LogP contribution in [0, 0.1) is 5.82 Å². The lowest BCUT2D eigenvalue weighted by Crippen LogP contribution is -2.55. The predicted octanol–water partition coefficient (Wildman–Crippen LogP) is 10.6. The van der Waals surface area contributed by atoms with Crippen molar-refractivity contribution in [2.24, 2.45) is 0 Å². The summed E-state index contributed by atoms with van der Waals surface area (Å²) in [7, 11) is 0. The Bertz CT molecular complexity index is 2470. The Kier molecular flexibility index (Phi) is 12.4. The first-order valence-electron chi connectivity index (χ1n) is 19.9. The number of carbonyl (C=O) groups excluding carboxylic acids is 1. The van der Waals surface area contributed by atoms with Crippen LogP contribution in [0.15, 0.2) is 133 Å². The standard InChI is InChI=1S/C49H43Cl2FN2O6/c1-2-43(34-6-4-3-5-7-34)54-27-37-26-46-45(59-29-47(60-46)35-15-19-39(20-16-35)58-28-31-10-21-40(50)41(51)22-31)25-36(37)24-44(54)48(55)53-42(49(56)57)23-30-8-11-32(12-9-30)33-13-17-38(52)18-14-33/h3-22,25-26,42-44,47H,2,23-24,27-29H2,1H3,(H,53,55)(H,56,57)/t42-,43-,44-,47+/m0/s1. The van der Waals surface area contributed by atoms with Crippen molar-refractivity contribution in [2.45, 2.75) is 63.6 Å². The average molecular weight is 846 g/mol. The van der Waals surface area contributed by atoms with Crippen molar-refractivity contribution in [3.63, 3.8) is 0 Å². The van der Waals surface area contributed by atoms with E-state index in [1.807, 2.05) is 84.9 Å². The van der Waals surface area contributed by atoms with Crippen LogP contribution in [0.3, 0.4) is 0 Å². The van der Waals surface area contributed by atoms with Gasteiger partial charge in [-0.1, -0.05) is 115 Å².